The van der Waals surface area contributed by atoms with Gasteiger partial charge < -0.3 is 33.3 Å². The molecule has 386 valence electrons. The standard InChI is InChI=1S/C59H97NO8/c1-6-8-10-12-14-16-18-20-21-22-23-24-25-26-27-28-29-30-31-32-33-34-35-36-37-38-40-42-44-46-48-50-57(62)68-55(54-67-59(58(63)64)65-52-51-60(3,4)5)53-66-56(61)49-47-45-43-41-39-19-17-15-13-11-9-7-2/h8,10,14,16,20-21,23-24,26-27,29-30,32-33,35-36,38,40,55,59H,6-7,9,11-13,15,17-19,22,25,28,31,34,37,39,41-54H2,1-5H3/b10-8-,16-14-,21-20-,24-23-,27-26-,30-29-,33-32-,36-35-,40-38-. The van der Waals surface area contributed by atoms with Crippen molar-refractivity contribution in [3.05, 3.63) is 109 Å². The number of hydrogen-bond acceptors (Lipinski definition) is 8. The summed E-state index contributed by atoms with van der Waals surface area (Å²) in [7, 11) is 5.89. The van der Waals surface area contributed by atoms with Crippen molar-refractivity contribution in [2.75, 3.05) is 47.5 Å². The number of allylic oxidation sites excluding steroid dienone is 18. The van der Waals surface area contributed by atoms with Gasteiger partial charge in [-0.3, -0.25) is 9.59 Å². The van der Waals surface area contributed by atoms with Crippen LogP contribution in [-0.2, 0) is 33.3 Å². The molecule has 2 atom stereocenters. The lowest BCUT2D eigenvalue weighted by Gasteiger charge is -2.26. The van der Waals surface area contributed by atoms with Gasteiger partial charge in [-0.05, 0) is 83.5 Å². The van der Waals surface area contributed by atoms with Crippen LogP contribution in [0.3, 0.4) is 0 Å². The van der Waals surface area contributed by atoms with E-state index in [4.69, 9.17) is 18.9 Å². The van der Waals surface area contributed by atoms with E-state index in [0.717, 1.165) is 96.3 Å². The molecule has 0 saturated heterocycles. The van der Waals surface area contributed by atoms with Crippen LogP contribution in [0.15, 0.2) is 109 Å². The zero-order valence-electron chi connectivity index (χ0n) is 43.7. The number of likely N-dealkylation sites (N-methyl/N-ethyl adjacent to an activating group) is 1. The van der Waals surface area contributed by atoms with Gasteiger partial charge in [0.05, 0.1) is 40.3 Å². The van der Waals surface area contributed by atoms with Gasteiger partial charge in [-0.25, -0.2) is 0 Å². The van der Waals surface area contributed by atoms with Crippen molar-refractivity contribution in [2.45, 2.75) is 200 Å². The lowest BCUT2D eigenvalue weighted by atomic mass is 10.0. The molecule has 9 nitrogen and oxygen atoms in total. The smallest absolute Gasteiger partial charge is 0.306 e. The largest absolute Gasteiger partial charge is 0.545 e. The SMILES string of the molecule is CC/C=C\C/C=C\C/C=C\C/C=C\C/C=C\C/C=C\C/C=C\C/C=C\C/C=C\CCCCCC(=O)OC(COC(=O)CCCCCCCCCCCCCC)COC(OCC[N+](C)(C)C)C(=O)[O-]. The third kappa shape index (κ3) is 49.8. The Labute approximate surface area is 415 Å². The second-order valence-corrected chi connectivity index (χ2v) is 18.4. The average Bonchev–Trinajstić information content (AvgIpc) is 3.30. The molecule has 0 radical (unpaired) electrons. The summed E-state index contributed by atoms with van der Waals surface area (Å²) in [6.07, 6.45) is 64.2. The van der Waals surface area contributed by atoms with Crippen molar-refractivity contribution in [2.24, 2.45) is 0 Å². The van der Waals surface area contributed by atoms with Gasteiger partial charge in [0.2, 0.25) is 0 Å². The molecule has 0 aliphatic rings. The minimum absolute atomic E-state index is 0.136. The molecule has 0 heterocycles. The van der Waals surface area contributed by atoms with Crippen LogP contribution in [0.25, 0.3) is 0 Å². The lowest BCUT2D eigenvalue weighted by Crippen LogP contribution is -2.44. The molecule has 0 bridgehead atoms. The van der Waals surface area contributed by atoms with Crippen molar-refractivity contribution < 1.29 is 42.9 Å². The molecule has 0 rings (SSSR count). The Hall–Kier alpha value is -4.05. The van der Waals surface area contributed by atoms with Crippen LogP contribution in [0.2, 0.25) is 0 Å². The Bertz CT molecular complexity index is 1480. The van der Waals surface area contributed by atoms with Gasteiger partial charge in [-0.2, -0.15) is 0 Å². The fraction of sp³-hybridized carbons (Fsp3) is 0.644. The quantitative estimate of drug-likeness (QED) is 0.0195. The molecule has 0 aromatic carbocycles. The van der Waals surface area contributed by atoms with Crippen LogP contribution in [0.4, 0.5) is 0 Å². The van der Waals surface area contributed by atoms with E-state index in [9.17, 15) is 19.5 Å². The van der Waals surface area contributed by atoms with E-state index in [0.29, 0.717) is 17.4 Å². The van der Waals surface area contributed by atoms with E-state index >= 15 is 0 Å². The predicted molar refractivity (Wildman–Crippen MR) is 283 cm³/mol. The first-order valence-corrected chi connectivity index (χ1v) is 26.5. The first kappa shape index (κ1) is 64.0. The molecular formula is C59H97NO8. The molecule has 0 aliphatic carbocycles. The number of quaternary nitrogens is 1. The van der Waals surface area contributed by atoms with Crippen LogP contribution in [-0.4, -0.2) is 82.3 Å². The third-order valence-electron chi connectivity index (χ3n) is 10.8. The van der Waals surface area contributed by atoms with E-state index < -0.39 is 24.3 Å². The number of hydrogen-bond donors (Lipinski definition) is 0. The number of rotatable bonds is 47. The van der Waals surface area contributed by atoms with Crippen LogP contribution < -0.4 is 5.11 Å². The number of carboxylic acid groups (broad SMARTS) is 1. The summed E-state index contributed by atoms with van der Waals surface area (Å²) in [5.41, 5.74) is 0. The fourth-order valence-corrected chi connectivity index (χ4v) is 6.70. The number of unbranched alkanes of at least 4 members (excludes halogenated alkanes) is 14. The molecule has 0 aromatic rings. The number of carbonyl (C=O) groups excluding carboxylic acids is 3. The van der Waals surface area contributed by atoms with Crippen molar-refractivity contribution >= 4 is 17.9 Å². The van der Waals surface area contributed by atoms with E-state index in [1.807, 2.05) is 21.1 Å². The maximum absolute atomic E-state index is 12.8. The second-order valence-electron chi connectivity index (χ2n) is 18.4. The summed E-state index contributed by atoms with van der Waals surface area (Å²) < 4.78 is 22.6. The van der Waals surface area contributed by atoms with Gasteiger partial charge in [-0.1, -0.05) is 200 Å². The molecule has 0 N–H and O–H groups in total. The Kier molecular flexibility index (Phi) is 46.4. The molecule has 0 amide bonds. The molecule has 9 heteroatoms. The van der Waals surface area contributed by atoms with E-state index in [2.05, 4.69) is 123 Å². The summed E-state index contributed by atoms with van der Waals surface area (Å²) in [6, 6.07) is 0. The zero-order chi connectivity index (χ0) is 49.9. The van der Waals surface area contributed by atoms with Crippen LogP contribution >= 0.6 is 0 Å². The van der Waals surface area contributed by atoms with Gasteiger partial charge in [0.15, 0.2) is 12.4 Å². The van der Waals surface area contributed by atoms with E-state index in [1.54, 1.807) is 0 Å². The van der Waals surface area contributed by atoms with E-state index in [1.165, 1.54) is 57.8 Å². The molecule has 2 unspecified atom stereocenters. The summed E-state index contributed by atoms with van der Waals surface area (Å²) in [4.78, 5) is 37.1. The zero-order valence-corrected chi connectivity index (χ0v) is 43.7. The highest BCUT2D eigenvalue weighted by molar-refractivity contribution is 5.70. The van der Waals surface area contributed by atoms with Crippen molar-refractivity contribution in [3.63, 3.8) is 0 Å². The van der Waals surface area contributed by atoms with Gasteiger partial charge >= 0.3 is 11.9 Å². The fourth-order valence-electron chi connectivity index (χ4n) is 6.70. The van der Waals surface area contributed by atoms with Crippen molar-refractivity contribution in [1.82, 2.24) is 0 Å². The van der Waals surface area contributed by atoms with Crippen molar-refractivity contribution in [1.29, 1.82) is 0 Å². The first-order chi connectivity index (χ1) is 33.1. The van der Waals surface area contributed by atoms with Gasteiger partial charge in [0.1, 0.15) is 13.2 Å². The molecular weight excluding hydrogens is 851 g/mol. The van der Waals surface area contributed by atoms with Gasteiger partial charge in [0, 0.05) is 12.8 Å². The van der Waals surface area contributed by atoms with Gasteiger partial charge in [-0.15, -0.1) is 0 Å². The Morgan fingerprint density at radius 2 is 0.838 bits per heavy atom. The minimum Gasteiger partial charge on any atom is -0.545 e. The van der Waals surface area contributed by atoms with Crippen LogP contribution in [0.5, 0.6) is 0 Å². The van der Waals surface area contributed by atoms with Crippen LogP contribution in [0.1, 0.15) is 187 Å². The summed E-state index contributed by atoms with van der Waals surface area (Å²) in [6.45, 7) is 4.56. The molecule has 0 aromatic heterocycles. The number of carboxylic acids is 1. The molecule has 0 fully saturated rings. The summed E-state index contributed by atoms with van der Waals surface area (Å²) in [5.74, 6) is -2.34. The molecule has 68 heavy (non-hydrogen) atoms. The molecule has 0 spiro atoms. The molecule has 0 saturated carbocycles. The Morgan fingerprint density at radius 3 is 1.25 bits per heavy atom. The lowest BCUT2D eigenvalue weighted by molar-refractivity contribution is -0.870. The molecule has 0 aliphatic heterocycles. The predicted octanol–water partition coefficient (Wildman–Crippen LogP) is 13.8. The first-order valence-electron chi connectivity index (χ1n) is 26.5. The highest BCUT2D eigenvalue weighted by atomic mass is 16.7. The third-order valence-corrected chi connectivity index (χ3v) is 10.8. The van der Waals surface area contributed by atoms with Crippen molar-refractivity contribution in [3.8, 4) is 0 Å². The topological polar surface area (TPSA) is 111 Å². The maximum atomic E-state index is 12.8. The Morgan fingerprint density at radius 1 is 0.456 bits per heavy atom. The minimum atomic E-state index is -1.63. The number of nitrogens with zero attached hydrogens (tertiary/aromatic N) is 1. The normalized spacial score (nSPS) is 13.7. The number of esters is 2. The summed E-state index contributed by atoms with van der Waals surface area (Å²) in [5, 5.41) is 11.7. The van der Waals surface area contributed by atoms with Crippen LogP contribution in [0, 0.1) is 0 Å². The summed E-state index contributed by atoms with van der Waals surface area (Å²) >= 11 is 0. The number of aliphatic carboxylic acids is 1. The number of carbonyl (C=O) groups is 3. The highest BCUT2D eigenvalue weighted by Gasteiger charge is 2.21. The Balaban J connectivity index is 4.36. The maximum Gasteiger partial charge on any atom is 0.306 e. The highest BCUT2D eigenvalue weighted by Crippen LogP contribution is 2.14. The second kappa shape index (κ2) is 49.4. The van der Waals surface area contributed by atoms with E-state index in [-0.39, 0.29) is 38.6 Å². The monoisotopic (exact) mass is 948 g/mol. The average molecular weight is 948 g/mol. The van der Waals surface area contributed by atoms with Gasteiger partial charge in [0.25, 0.3) is 0 Å². The number of ether oxygens (including phenoxy) is 4.